The Morgan fingerprint density at radius 1 is 1.53 bits per heavy atom. The molecule has 0 amide bonds. The molecule has 0 aromatic carbocycles. The van der Waals surface area contributed by atoms with Crippen LogP contribution in [0.2, 0.25) is 0 Å². The lowest BCUT2D eigenvalue weighted by molar-refractivity contribution is 0.0562. The summed E-state index contributed by atoms with van der Waals surface area (Å²) in [6, 6.07) is 5.45. The largest absolute Gasteiger partial charge is 0.463 e. The molecule has 2 rings (SSSR count). The summed E-state index contributed by atoms with van der Waals surface area (Å²) in [5.74, 6) is 0.482. The Morgan fingerprint density at radius 3 is 2.95 bits per heavy atom. The average Bonchev–Trinajstić information content (AvgIpc) is 3.04. The van der Waals surface area contributed by atoms with E-state index in [0.717, 1.165) is 11.0 Å². The van der Waals surface area contributed by atoms with Gasteiger partial charge >= 0.3 is 5.97 Å². The van der Waals surface area contributed by atoms with Gasteiger partial charge in [-0.3, -0.25) is 0 Å². The molecule has 0 fully saturated rings. The molecule has 6 heteroatoms. The van der Waals surface area contributed by atoms with Crippen molar-refractivity contribution in [3.8, 4) is 0 Å². The number of carbonyl (C=O) groups excluding carboxylic acids is 1. The Hall–Kier alpha value is -1.11. The Balaban J connectivity index is 1.96. The number of ether oxygens (including phenoxy) is 1. The summed E-state index contributed by atoms with van der Waals surface area (Å²) in [6.45, 7) is 2.73. The van der Waals surface area contributed by atoms with Crippen molar-refractivity contribution in [2.24, 2.45) is 0 Å². The van der Waals surface area contributed by atoms with E-state index >= 15 is 0 Å². The summed E-state index contributed by atoms with van der Waals surface area (Å²) in [4.78, 5) is 12.5. The molecule has 2 aromatic rings. The fourth-order valence-electron chi connectivity index (χ4n) is 1.59. The zero-order valence-electron chi connectivity index (χ0n) is 10.6. The highest BCUT2D eigenvalue weighted by atomic mass is 79.9. The van der Waals surface area contributed by atoms with Crippen molar-refractivity contribution in [3.63, 3.8) is 0 Å². The third-order valence-corrected chi connectivity index (χ3v) is 4.63. The predicted octanol–water partition coefficient (Wildman–Crippen LogP) is 3.74. The van der Waals surface area contributed by atoms with Gasteiger partial charge in [0.15, 0.2) is 0 Å². The van der Waals surface area contributed by atoms with Gasteiger partial charge in [-0.1, -0.05) is 0 Å². The maximum Gasteiger partial charge on any atom is 0.373 e. The average molecular weight is 344 g/mol. The van der Waals surface area contributed by atoms with Crippen molar-refractivity contribution in [1.29, 1.82) is 0 Å². The van der Waals surface area contributed by atoms with E-state index in [4.69, 9.17) is 4.42 Å². The molecule has 0 aliphatic heterocycles. The van der Waals surface area contributed by atoms with Crippen molar-refractivity contribution >= 4 is 33.2 Å². The van der Waals surface area contributed by atoms with Gasteiger partial charge in [-0.15, -0.1) is 11.3 Å². The zero-order valence-corrected chi connectivity index (χ0v) is 13.0. The molecule has 0 saturated carbocycles. The number of hydrogen-bond donors (Lipinski definition) is 1. The first-order valence-electron chi connectivity index (χ1n) is 5.75. The van der Waals surface area contributed by atoms with Crippen LogP contribution in [0.5, 0.6) is 0 Å². The lowest BCUT2D eigenvalue weighted by atomic mass is 10.2. The van der Waals surface area contributed by atoms with Crippen molar-refractivity contribution in [2.75, 3.05) is 7.11 Å². The van der Waals surface area contributed by atoms with E-state index in [1.54, 1.807) is 23.5 Å². The summed E-state index contributed by atoms with van der Waals surface area (Å²) >= 11 is 5.18. The van der Waals surface area contributed by atoms with Gasteiger partial charge in [-0.2, -0.15) is 0 Å². The lowest BCUT2D eigenvalue weighted by Gasteiger charge is -2.10. The SMILES string of the molecule is COC(=O)c1ccc(C(C)NCc2sccc2Br)o1. The Bertz CT molecular complexity index is 564. The second kappa shape index (κ2) is 6.36. The number of esters is 1. The third kappa shape index (κ3) is 3.46. The Kier molecular flexibility index (Phi) is 4.79. The van der Waals surface area contributed by atoms with Crippen LogP contribution in [0.25, 0.3) is 0 Å². The van der Waals surface area contributed by atoms with E-state index in [-0.39, 0.29) is 11.8 Å². The smallest absolute Gasteiger partial charge is 0.373 e. The van der Waals surface area contributed by atoms with Crippen molar-refractivity contribution in [2.45, 2.75) is 19.5 Å². The number of carbonyl (C=O) groups is 1. The molecule has 0 saturated heterocycles. The molecular weight excluding hydrogens is 330 g/mol. The van der Waals surface area contributed by atoms with Crippen molar-refractivity contribution < 1.29 is 13.9 Å². The Morgan fingerprint density at radius 2 is 2.32 bits per heavy atom. The molecule has 2 aromatic heterocycles. The van der Waals surface area contributed by atoms with Gasteiger partial charge in [0.2, 0.25) is 5.76 Å². The zero-order chi connectivity index (χ0) is 13.8. The van der Waals surface area contributed by atoms with Crippen LogP contribution in [0.1, 0.15) is 34.2 Å². The fraction of sp³-hybridized carbons (Fsp3) is 0.308. The van der Waals surface area contributed by atoms with Crippen LogP contribution in [0, 0.1) is 0 Å². The second-order valence-electron chi connectivity index (χ2n) is 3.99. The minimum absolute atomic E-state index is 0.0207. The molecular formula is C13H14BrNO3S. The minimum Gasteiger partial charge on any atom is -0.463 e. The van der Waals surface area contributed by atoms with Gasteiger partial charge in [0, 0.05) is 15.9 Å². The third-order valence-electron chi connectivity index (χ3n) is 2.70. The van der Waals surface area contributed by atoms with Gasteiger partial charge < -0.3 is 14.5 Å². The van der Waals surface area contributed by atoms with Gasteiger partial charge in [0.25, 0.3) is 0 Å². The predicted molar refractivity (Wildman–Crippen MR) is 77.3 cm³/mol. The van der Waals surface area contributed by atoms with Crippen LogP contribution in [0.3, 0.4) is 0 Å². The number of thiophene rings is 1. The standard InChI is InChI=1S/C13H14BrNO3S/c1-8(15-7-12-9(14)5-6-19-12)10-3-4-11(18-10)13(16)17-2/h3-6,8,15H,7H2,1-2H3. The number of rotatable bonds is 5. The quantitative estimate of drug-likeness (QED) is 0.840. The highest BCUT2D eigenvalue weighted by Crippen LogP contribution is 2.24. The molecule has 1 N–H and O–H groups in total. The first-order chi connectivity index (χ1) is 9.11. The van der Waals surface area contributed by atoms with E-state index in [0.29, 0.717) is 5.76 Å². The van der Waals surface area contributed by atoms with Crippen LogP contribution in [-0.4, -0.2) is 13.1 Å². The number of methoxy groups -OCH3 is 1. The lowest BCUT2D eigenvalue weighted by Crippen LogP contribution is -2.17. The molecule has 19 heavy (non-hydrogen) atoms. The van der Waals surface area contributed by atoms with Gasteiger partial charge in [0.05, 0.1) is 13.2 Å². The molecule has 1 atom stereocenters. The van der Waals surface area contributed by atoms with Gasteiger partial charge in [-0.25, -0.2) is 4.79 Å². The van der Waals surface area contributed by atoms with E-state index in [1.165, 1.54) is 12.0 Å². The number of halogens is 1. The van der Waals surface area contributed by atoms with Gasteiger partial charge in [0.1, 0.15) is 5.76 Å². The molecule has 102 valence electrons. The molecule has 0 aliphatic carbocycles. The second-order valence-corrected chi connectivity index (χ2v) is 5.84. The van der Waals surface area contributed by atoms with Crippen molar-refractivity contribution in [1.82, 2.24) is 5.32 Å². The Labute approximate surface area is 123 Å². The molecule has 0 bridgehead atoms. The fourth-order valence-corrected chi connectivity index (χ4v) is 3.04. The summed E-state index contributed by atoms with van der Waals surface area (Å²) < 4.78 is 11.2. The van der Waals surface area contributed by atoms with E-state index in [1.807, 2.05) is 18.4 Å². The number of furan rings is 1. The van der Waals surface area contributed by atoms with Crippen LogP contribution in [0.4, 0.5) is 0 Å². The first-order valence-corrected chi connectivity index (χ1v) is 7.42. The molecule has 0 aliphatic rings. The summed E-state index contributed by atoms with van der Waals surface area (Å²) in [7, 11) is 1.33. The van der Waals surface area contributed by atoms with Gasteiger partial charge in [-0.05, 0) is 46.4 Å². The topological polar surface area (TPSA) is 51.5 Å². The summed E-state index contributed by atoms with van der Waals surface area (Å²) in [6.07, 6.45) is 0. The number of hydrogen-bond acceptors (Lipinski definition) is 5. The van der Waals surface area contributed by atoms with Crippen LogP contribution in [0.15, 0.2) is 32.5 Å². The van der Waals surface area contributed by atoms with Crippen LogP contribution < -0.4 is 5.32 Å². The van der Waals surface area contributed by atoms with Crippen LogP contribution in [-0.2, 0) is 11.3 Å². The van der Waals surface area contributed by atoms with E-state index < -0.39 is 5.97 Å². The highest BCUT2D eigenvalue weighted by Gasteiger charge is 2.15. The maximum absolute atomic E-state index is 11.3. The molecule has 2 heterocycles. The summed E-state index contributed by atoms with van der Waals surface area (Å²) in [5.41, 5.74) is 0. The molecule has 1 unspecified atom stereocenters. The highest BCUT2D eigenvalue weighted by molar-refractivity contribution is 9.10. The monoisotopic (exact) mass is 343 g/mol. The molecule has 0 spiro atoms. The number of nitrogens with one attached hydrogen (secondary N) is 1. The van der Waals surface area contributed by atoms with Crippen molar-refractivity contribution in [3.05, 3.63) is 44.4 Å². The first kappa shape index (κ1) is 14.3. The normalized spacial score (nSPS) is 12.4. The maximum atomic E-state index is 11.3. The molecule has 4 nitrogen and oxygen atoms in total. The molecule has 0 radical (unpaired) electrons. The van der Waals surface area contributed by atoms with E-state index in [2.05, 4.69) is 26.0 Å². The van der Waals surface area contributed by atoms with E-state index in [9.17, 15) is 4.79 Å². The summed E-state index contributed by atoms with van der Waals surface area (Å²) in [5, 5.41) is 5.38. The van der Waals surface area contributed by atoms with Crippen LogP contribution >= 0.6 is 27.3 Å². The minimum atomic E-state index is -0.459.